The minimum absolute atomic E-state index is 0.105. The van der Waals surface area contributed by atoms with Gasteiger partial charge in [-0.25, -0.2) is 4.98 Å². The number of carbonyl (C=O) groups excluding carboxylic acids is 1. The number of para-hydroxylation sites is 1. The number of carbonyl (C=O) groups is 1. The summed E-state index contributed by atoms with van der Waals surface area (Å²) in [6.07, 6.45) is 4.39. The number of thiazole rings is 1. The first-order valence-electron chi connectivity index (χ1n) is 10.2. The average molecular weight is 429 g/mol. The predicted octanol–water partition coefficient (Wildman–Crippen LogP) is 6.17. The summed E-state index contributed by atoms with van der Waals surface area (Å²) in [7, 11) is 0. The molecule has 1 aliphatic heterocycles. The van der Waals surface area contributed by atoms with Crippen LogP contribution in [0.15, 0.2) is 42.5 Å². The molecule has 0 N–H and O–H groups in total. The van der Waals surface area contributed by atoms with Crippen molar-refractivity contribution < 1.29 is 9.53 Å². The number of aromatic nitrogens is 1. The van der Waals surface area contributed by atoms with E-state index in [9.17, 15) is 4.79 Å². The zero-order valence-electron chi connectivity index (χ0n) is 16.6. The van der Waals surface area contributed by atoms with E-state index < -0.39 is 0 Å². The van der Waals surface area contributed by atoms with Gasteiger partial charge < -0.3 is 9.64 Å². The molecule has 0 spiro atoms. The van der Waals surface area contributed by atoms with Crippen molar-refractivity contribution in [2.45, 2.75) is 45.1 Å². The number of rotatable bonds is 6. The molecule has 6 heteroatoms. The smallest absolute Gasteiger partial charge is 0.223 e. The Morgan fingerprint density at radius 3 is 2.97 bits per heavy atom. The third-order valence-electron chi connectivity index (χ3n) is 5.35. The number of amides is 1. The Balaban J connectivity index is 1.36. The number of aryl methyl sites for hydroxylation is 1. The number of benzene rings is 2. The number of piperidine rings is 1. The molecular weight excluding hydrogens is 404 g/mol. The van der Waals surface area contributed by atoms with Crippen molar-refractivity contribution in [2.24, 2.45) is 0 Å². The molecular formula is C23H25ClN2O2S. The topological polar surface area (TPSA) is 42.4 Å². The Labute approximate surface area is 180 Å². The van der Waals surface area contributed by atoms with Gasteiger partial charge in [-0.3, -0.25) is 4.79 Å². The Kier molecular flexibility index (Phi) is 6.36. The molecule has 2 aromatic carbocycles. The summed E-state index contributed by atoms with van der Waals surface area (Å²) in [5, 5.41) is 1.77. The highest BCUT2D eigenvalue weighted by molar-refractivity contribution is 7.18. The second kappa shape index (κ2) is 9.14. The van der Waals surface area contributed by atoms with Gasteiger partial charge in [0, 0.05) is 18.0 Å². The molecule has 152 valence electrons. The zero-order chi connectivity index (χ0) is 20.2. The summed E-state index contributed by atoms with van der Waals surface area (Å²) in [6, 6.07) is 13.9. The van der Waals surface area contributed by atoms with E-state index in [-0.39, 0.29) is 11.9 Å². The van der Waals surface area contributed by atoms with Crippen LogP contribution >= 0.6 is 22.9 Å². The van der Waals surface area contributed by atoms with Gasteiger partial charge in [-0.2, -0.15) is 0 Å². The average Bonchev–Trinajstić information content (AvgIpc) is 3.16. The van der Waals surface area contributed by atoms with Crippen LogP contribution in [0.2, 0.25) is 5.02 Å². The van der Waals surface area contributed by atoms with Gasteiger partial charge >= 0.3 is 0 Å². The summed E-state index contributed by atoms with van der Waals surface area (Å²) in [5.74, 6) is 1.03. The van der Waals surface area contributed by atoms with Gasteiger partial charge in [-0.15, -0.1) is 11.3 Å². The number of fused-ring (bicyclic) bond motifs is 1. The molecule has 4 rings (SSSR count). The van der Waals surface area contributed by atoms with Crippen LogP contribution < -0.4 is 4.74 Å². The van der Waals surface area contributed by atoms with Crippen molar-refractivity contribution in [3.63, 3.8) is 0 Å². The predicted molar refractivity (Wildman–Crippen MR) is 119 cm³/mol. The standard InChI is InChI=1S/C23H25ClN2O2S/c1-16-15-17(24)11-12-20(16)28-14-6-10-22(27)26-13-5-4-8-19(26)23-25-18-7-2-3-9-21(18)29-23/h2-3,7,9,11-12,15,19H,4-6,8,10,13-14H2,1H3. The number of halogens is 1. The molecule has 2 heterocycles. The van der Waals surface area contributed by atoms with Gasteiger partial charge in [-0.05, 0) is 68.5 Å². The second-order valence-corrected chi connectivity index (χ2v) is 8.98. The molecule has 1 fully saturated rings. The fraction of sp³-hybridized carbons (Fsp3) is 0.391. The van der Waals surface area contributed by atoms with Gasteiger partial charge in [0.1, 0.15) is 10.8 Å². The van der Waals surface area contributed by atoms with Crippen molar-refractivity contribution in [1.82, 2.24) is 9.88 Å². The summed E-state index contributed by atoms with van der Waals surface area (Å²) in [5.41, 5.74) is 2.04. The van der Waals surface area contributed by atoms with E-state index >= 15 is 0 Å². The molecule has 1 amide bonds. The Morgan fingerprint density at radius 1 is 1.28 bits per heavy atom. The van der Waals surface area contributed by atoms with Crippen LogP contribution in [-0.2, 0) is 4.79 Å². The van der Waals surface area contributed by atoms with E-state index in [0.29, 0.717) is 24.5 Å². The maximum atomic E-state index is 12.9. The van der Waals surface area contributed by atoms with E-state index in [1.807, 2.05) is 48.2 Å². The minimum Gasteiger partial charge on any atom is -0.493 e. The lowest BCUT2D eigenvalue weighted by Gasteiger charge is -2.34. The highest BCUT2D eigenvalue weighted by Crippen LogP contribution is 2.36. The highest BCUT2D eigenvalue weighted by Gasteiger charge is 2.29. The van der Waals surface area contributed by atoms with Gasteiger partial charge in [-0.1, -0.05) is 23.7 Å². The van der Waals surface area contributed by atoms with E-state index in [2.05, 4.69) is 6.07 Å². The molecule has 1 saturated heterocycles. The Bertz CT molecular complexity index is 970. The van der Waals surface area contributed by atoms with Crippen LogP contribution in [0.5, 0.6) is 5.75 Å². The van der Waals surface area contributed by atoms with Crippen molar-refractivity contribution in [1.29, 1.82) is 0 Å². The fourth-order valence-corrected chi connectivity index (χ4v) is 5.19. The maximum Gasteiger partial charge on any atom is 0.223 e. The van der Waals surface area contributed by atoms with Gasteiger partial charge in [0.25, 0.3) is 0 Å². The van der Waals surface area contributed by atoms with E-state index in [0.717, 1.165) is 47.6 Å². The lowest BCUT2D eigenvalue weighted by Crippen LogP contribution is -2.38. The van der Waals surface area contributed by atoms with Gasteiger partial charge in [0.15, 0.2) is 0 Å². The number of hydrogen-bond acceptors (Lipinski definition) is 4. The summed E-state index contributed by atoms with van der Waals surface area (Å²) < 4.78 is 7.03. The Morgan fingerprint density at radius 2 is 2.14 bits per heavy atom. The van der Waals surface area contributed by atoms with E-state index in [1.165, 1.54) is 4.70 Å². The van der Waals surface area contributed by atoms with Crippen molar-refractivity contribution in [2.75, 3.05) is 13.2 Å². The molecule has 1 aromatic heterocycles. The van der Waals surface area contributed by atoms with Crippen LogP contribution in [0, 0.1) is 6.92 Å². The molecule has 1 atom stereocenters. The van der Waals surface area contributed by atoms with Crippen molar-refractivity contribution in [3.05, 3.63) is 58.1 Å². The third-order valence-corrected chi connectivity index (χ3v) is 6.72. The first-order valence-corrected chi connectivity index (χ1v) is 11.3. The number of ether oxygens (including phenoxy) is 1. The summed E-state index contributed by atoms with van der Waals surface area (Å²) in [4.78, 5) is 19.8. The molecule has 0 radical (unpaired) electrons. The monoisotopic (exact) mass is 428 g/mol. The van der Waals surface area contributed by atoms with Crippen LogP contribution in [0.25, 0.3) is 10.2 Å². The number of likely N-dealkylation sites (tertiary alicyclic amines) is 1. The quantitative estimate of drug-likeness (QED) is 0.441. The van der Waals surface area contributed by atoms with E-state index in [4.69, 9.17) is 21.3 Å². The molecule has 0 bridgehead atoms. The zero-order valence-corrected chi connectivity index (χ0v) is 18.1. The van der Waals surface area contributed by atoms with Gasteiger partial charge in [0.2, 0.25) is 5.91 Å². The number of nitrogens with zero attached hydrogens (tertiary/aromatic N) is 2. The summed E-state index contributed by atoms with van der Waals surface area (Å²) in [6.45, 7) is 3.31. The van der Waals surface area contributed by atoms with Crippen molar-refractivity contribution >= 4 is 39.1 Å². The second-order valence-electron chi connectivity index (χ2n) is 7.48. The minimum atomic E-state index is 0.105. The molecule has 0 saturated carbocycles. The van der Waals surface area contributed by atoms with Crippen LogP contribution in [0.4, 0.5) is 0 Å². The molecule has 1 aliphatic rings. The largest absolute Gasteiger partial charge is 0.493 e. The molecule has 4 nitrogen and oxygen atoms in total. The fourth-order valence-electron chi connectivity index (χ4n) is 3.84. The molecule has 3 aromatic rings. The maximum absolute atomic E-state index is 12.9. The number of hydrogen-bond donors (Lipinski definition) is 0. The van der Waals surface area contributed by atoms with E-state index in [1.54, 1.807) is 11.3 Å². The first kappa shape index (κ1) is 20.2. The molecule has 29 heavy (non-hydrogen) atoms. The molecule has 1 unspecified atom stereocenters. The third kappa shape index (κ3) is 4.73. The van der Waals surface area contributed by atoms with Crippen LogP contribution in [0.1, 0.15) is 48.7 Å². The Hall–Kier alpha value is -2.11. The lowest BCUT2D eigenvalue weighted by molar-refractivity contribution is -0.135. The van der Waals surface area contributed by atoms with Crippen LogP contribution in [-0.4, -0.2) is 28.9 Å². The molecule has 0 aliphatic carbocycles. The van der Waals surface area contributed by atoms with Crippen molar-refractivity contribution in [3.8, 4) is 5.75 Å². The highest BCUT2D eigenvalue weighted by atomic mass is 35.5. The normalized spacial score (nSPS) is 16.9. The van der Waals surface area contributed by atoms with Gasteiger partial charge in [0.05, 0.1) is 22.9 Å². The lowest BCUT2D eigenvalue weighted by atomic mass is 10.0. The van der Waals surface area contributed by atoms with Crippen LogP contribution in [0.3, 0.4) is 0 Å². The summed E-state index contributed by atoms with van der Waals surface area (Å²) >= 11 is 7.70. The first-order chi connectivity index (χ1) is 14.1. The SMILES string of the molecule is Cc1cc(Cl)ccc1OCCCC(=O)N1CCCCC1c1nc2ccccc2s1.